The normalized spacial score (nSPS) is 15.4. The number of nitrogens with zero attached hydrogens (tertiary/aromatic N) is 3. The molecule has 2 aromatic heterocycles. The molecule has 1 aromatic carbocycles. The molecule has 2 atom stereocenters. The second-order valence-electron chi connectivity index (χ2n) is 11.2. The summed E-state index contributed by atoms with van der Waals surface area (Å²) in [4.78, 5) is 45.4. The maximum atomic E-state index is 13.8. The average molecular weight is 561 g/mol. The third-order valence-corrected chi connectivity index (χ3v) is 7.47. The molecular formula is C32H40N4O5. The third kappa shape index (κ3) is 7.89. The Kier molecular flexibility index (Phi) is 10.1. The highest BCUT2D eigenvalue weighted by Gasteiger charge is 2.27. The molecule has 1 amide bonds. The first-order valence-electron chi connectivity index (χ1n) is 14.2. The van der Waals surface area contributed by atoms with Crippen molar-refractivity contribution in [1.82, 2.24) is 19.8 Å². The number of hydrogen-bond donors (Lipinski definition) is 2. The van der Waals surface area contributed by atoms with Gasteiger partial charge in [0.25, 0.3) is 5.56 Å². The zero-order valence-corrected chi connectivity index (χ0v) is 24.3. The number of ether oxygens (including phenoxy) is 1. The van der Waals surface area contributed by atoms with Crippen molar-refractivity contribution in [2.24, 2.45) is 5.92 Å². The second-order valence-corrected chi connectivity index (χ2v) is 11.2. The molecule has 3 heterocycles. The maximum absolute atomic E-state index is 13.8. The molecule has 1 aliphatic rings. The van der Waals surface area contributed by atoms with Crippen LogP contribution in [0.25, 0.3) is 11.1 Å². The molecule has 218 valence electrons. The van der Waals surface area contributed by atoms with Crippen LogP contribution in [0.2, 0.25) is 0 Å². The lowest BCUT2D eigenvalue weighted by Crippen LogP contribution is -2.40. The summed E-state index contributed by atoms with van der Waals surface area (Å²) >= 11 is 0. The lowest BCUT2D eigenvalue weighted by Gasteiger charge is -2.28. The minimum absolute atomic E-state index is 0.118. The van der Waals surface area contributed by atoms with Crippen LogP contribution in [-0.2, 0) is 20.9 Å². The number of morpholine rings is 1. The van der Waals surface area contributed by atoms with Gasteiger partial charge in [0.15, 0.2) is 0 Å². The predicted molar refractivity (Wildman–Crippen MR) is 158 cm³/mol. The van der Waals surface area contributed by atoms with E-state index in [-0.39, 0.29) is 17.9 Å². The molecule has 0 aliphatic carbocycles. The Morgan fingerprint density at radius 3 is 2.44 bits per heavy atom. The van der Waals surface area contributed by atoms with Crippen LogP contribution < -0.4 is 10.9 Å². The first-order valence-corrected chi connectivity index (χ1v) is 14.2. The fraction of sp³-hybridized carbons (Fsp3) is 0.438. The number of aromatic nitrogens is 2. The van der Waals surface area contributed by atoms with E-state index in [2.05, 4.69) is 15.2 Å². The van der Waals surface area contributed by atoms with E-state index in [4.69, 9.17) is 4.74 Å². The molecule has 2 N–H and O–H groups in total. The zero-order valence-electron chi connectivity index (χ0n) is 24.3. The average Bonchev–Trinajstić information content (AvgIpc) is 2.93. The van der Waals surface area contributed by atoms with Gasteiger partial charge in [0.2, 0.25) is 5.91 Å². The number of carbonyl (C=O) groups excluding carboxylic acids is 1. The van der Waals surface area contributed by atoms with E-state index in [1.165, 1.54) is 10.6 Å². The SMILES string of the molecule is Cc1cccc(C)c1-c1cncc(C(CC(=O)O)NC(=O)C(CC(C)C)n2cc(CN3CCOCC3)ccc2=O)c1. The Bertz CT molecular complexity index is 1410. The van der Waals surface area contributed by atoms with Gasteiger partial charge in [-0.15, -0.1) is 0 Å². The number of carboxylic acid groups (broad SMARTS) is 1. The molecule has 2 unspecified atom stereocenters. The van der Waals surface area contributed by atoms with Crippen molar-refractivity contribution >= 4 is 11.9 Å². The van der Waals surface area contributed by atoms with E-state index in [9.17, 15) is 19.5 Å². The molecule has 0 bridgehead atoms. The highest BCUT2D eigenvalue weighted by atomic mass is 16.5. The van der Waals surface area contributed by atoms with Gasteiger partial charge in [0.1, 0.15) is 6.04 Å². The van der Waals surface area contributed by atoms with Crippen molar-refractivity contribution in [3.05, 3.63) is 87.6 Å². The predicted octanol–water partition coefficient (Wildman–Crippen LogP) is 4.28. The molecule has 3 aromatic rings. The van der Waals surface area contributed by atoms with Gasteiger partial charge in [-0.3, -0.25) is 24.3 Å². The van der Waals surface area contributed by atoms with Crippen molar-refractivity contribution in [3.63, 3.8) is 0 Å². The highest BCUT2D eigenvalue weighted by Crippen LogP contribution is 2.29. The van der Waals surface area contributed by atoms with Crippen LogP contribution in [0, 0.1) is 19.8 Å². The Balaban J connectivity index is 1.64. The van der Waals surface area contributed by atoms with Gasteiger partial charge in [0, 0.05) is 49.9 Å². The van der Waals surface area contributed by atoms with Gasteiger partial charge in [0.05, 0.1) is 25.7 Å². The molecule has 1 saturated heterocycles. The van der Waals surface area contributed by atoms with Gasteiger partial charge in [-0.2, -0.15) is 0 Å². The fourth-order valence-electron chi connectivity index (χ4n) is 5.45. The standard InChI is InChI=1S/C32H40N4O5/c1-21(2)14-28(36-20-24(8-9-29(36)37)19-35-10-12-41-13-11-35)32(40)34-27(16-30(38)39)25-15-26(18-33-17-25)31-22(3)6-5-7-23(31)4/h5-9,15,17-18,20-21,27-28H,10-14,16,19H2,1-4H3,(H,34,40)(H,38,39). The monoisotopic (exact) mass is 560 g/mol. The number of benzene rings is 1. The van der Waals surface area contributed by atoms with E-state index in [1.807, 2.05) is 52.0 Å². The quantitative estimate of drug-likeness (QED) is 0.360. The van der Waals surface area contributed by atoms with Crippen molar-refractivity contribution in [2.45, 2.75) is 59.2 Å². The van der Waals surface area contributed by atoms with Crippen molar-refractivity contribution in [3.8, 4) is 11.1 Å². The van der Waals surface area contributed by atoms with Crippen molar-refractivity contribution < 1.29 is 19.4 Å². The van der Waals surface area contributed by atoms with Crippen LogP contribution in [0.3, 0.4) is 0 Å². The number of nitrogens with one attached hydrogen (secondary N) is 1. The number of pyridine rings is 2. The van der Waals surface area contributed by atoms with Gasteiger partial charge in [-0.05, 0) is 60.1 Å². The Morgan fingerprint density at radius 2 is 1.78 bits per heavy atom. The molecular weight excluding hydrogens is 520 g/mol. The number of aliphatic carboxylic acids is 1. The zero-order chi connectivity index (χ0) is 29.5. The number of amides is 1. The van der Waals surface area contributed by atoms with Crippen molar-refractivity contribution in [1.29, 1.82) is 0 Å². The molecule has 1 aliphatic heterocycles. The van der Waals surface area contributed by atoms with E-state index in [1.54, 1.807) is 24.7 Å². The molecule has 0 saturated carbocycles. The minimum atomic E-state index is -1.04. The Labute approximate surface area is 241 Å². The number of hydrogen-bond acceptors (Lipinski definition) is 6. The molecule has 4 rings (SSSR count). The molecule has 0 spiro atoms. The van der Waals surface area contributed by atoms with Gasteiger partial charge in [-0.1, -0.05) is 38.1 Å². The smallest absolute Gasteiger partial charge is 0.305 e. The van der Waals surface area contributed by atoms with Gasteiger partial charge < -0.3 is 19.7 Å². The Morgan fingerprint density at radius 1 is 1.07 bits per heavy atom. The number of rotatable bonds is 11. The van der Waals surface area contributed by atoms with E-state index >= 15 is 0 Å². The number of aryl methyl sites for hydroxylation is 2. The molecule has 9 heteroatoms. The Hall–Kier alpha value is -3.82. The van der Waals surface area contributed by atoms with Gasteiger partial charge >= 0.3 is 5.97 Å². The minimum Gasteiger partial charge on any atom is -0.481 e. The molecule has 0 radical (unpaired) electrons. The fourth-order valence-corrected chi connectivity index (χ4v) is 5.45. The van der Waals surface area contributed by atoms with E-state index in [0.717, 1.165) is 40.9 Å². The summed E-state index contributed by atoms with van der Waals surface area (Å²) in [5, 5.41) is 12.7. The summed E-state index contributed by atoms with van der Waals surface area (Å²) in [6, 6.07) is 9.62. The van der Waals surface area contributed by atoms with Gasteiger partial charge in [-0.25, -0.2) is 0 Å². The summed E-state index contributed by atoms with van der Waals surface area (Å²) in [6.45, 7) is 11.6. The summed E-state index contributed by atoms with van der Waals surface area (Å²) in [7, 11) is 0. The third-order valence-electron chi connectivity index (χ3n) is 7.47. The summed E-state index contributed by atoms with van der Waals surface area (Å²) in [5.41, 5.74) is 5.30. The molecule has 1 fully saturated rings. The largest absolute Gasteiger partial charge is 0.481 e. The summed E-state index contributed by atoms with van der Waals surface area (Å²) < 4.78 is 6.94. The first-order chi connectivity index (χ1) is 19.6. The first kappa shape index (κ1) is 30.1. The maximum Gasteiger partial charge on any atom is 0.305 e. The van der Waals surface area contributed by atoms with Crippen LogP contribution >= 0.6 is 0 Å². The highest BCUT2D eigenvalue weighted by molar-refractivity contribution is 5.82. The second kappa shape index (κ2) is 13.7. The summed E-state index contributed by atoms with van der Waals surface area (Å²) in [6.07, 6.45) is 5.22. The number of carboxylic acids is 1. The van der Waals surface area contributed by atoms with Crippen LogP contribution in [0.4, 0.5) is 0 Å². The summed E-state index contributed by atoms with van der Waals surface area (Å²) in [5.74, 6) is -1.32. The van der Waals surface area contributed by atoms with Crippen molar-refractivity contribution in [2.75, 3.05) is 26.3 Å². The topological polar surface area (TPSA) is 114 Å². The van der Waals surface area contributed by atoms with Crippen LogP contribution in [0.5, 0.6) is 0 Å². The lowest BCUT2D eigenvalue weighted by molar-refractivity contribution is -0.138. The molecule has 41 heavy (non-hydrogen) atoms. The van der Waals surface area contributed by atoms with Crippen LogP contribution in [0.1, 0.15) is 61.0 Å². The van der Waals surface area contributed by atoms with E-state index in [0.29, 0.717) is 31.7 Å². The van der Waals surface area contributed by atoms with E-state index < -0.39 is 24.0 Å². The van der Waals surface area contributed by atoms with Crippen LogP contribution in [0.15, 0.2) is 59.8 Å². The van der Waals surface area contributed by atoms with Crippen LogP contribution in [-0.4, -0.2) is 57.7 Å². The number of carbonyl (C=O) groups is 2. The molecule has 9 nitrogen and oxygen atoms in total. The lowest BCUT2D eigenvalue weighted by atomic mass is 9.94.